The van der Waals surface area contributed by atoms with E-state index in [1.54, 1.807) is 6.07 Å². The van der Waals surface area contributed by atoms with E-state index in [9.17, 15) is 0 Å². The van der Waals surface area contributed by atoms with Crippen molar-refractivity contribution < 1.29 is 4.42 Å². The van der Waals surface area contributed by atoms with Gasteiger partial charge in [0.1, 0.15) is 17.6 Å². The molecule has 16 heavy (non-hydrogen) atoms. The van der Waals surface area contributed by atoms with Crippen LogP contribution in [0.4, 0.5) is 0 Å². The van der Waals surface area contributed by atoms with E-state index < -0.39 is 0 Å². The van der Waals surface area contributed by atoms with E-state index in [0.29, 0.717) is 23.0 Å². The minimum Gasteiger partial charge on any atom is -0.418 e. The SMILES string of the molecule is Cc1cc(-c2nnc(CCl)o2)ncc1C#N. The molecule has 0 saturated heterocycles. The van der Waals surface area contributed by atoms with Crippen LogP contribution in [0.15, 0.2) is 16.7 Å². The molecule has 0 N–H and O–H groups in total. The summed E-state index contributed by atoms with van der Waals surface area (Å²) in [5, 5.41) is 16.3. The molecule has 0 amide bonds. The Bertz CT molecular complexity index is 558. The van der Waals surface area contributed by atoms with Crippen molar-refractivity contribution in [3.63, 3.8) is 0 Å². The Balaban J connectivity index is 2.42. The van der Waals surface area contributed by atoms with E-state index in [0.717, 1.165) is 5.56 Å². The van der Waals surface area contributed by atoms with Gasteiger partial charge in [0.05, 0.1) is 5.56 Å². The molecular formula is C10H7ClN4O. The van der Waals surface area contributed by atoms with Crippen LogP contribution < -0.4 is 0 Å². The first kappa shape index (κ1) is 10.6. The van der Waals surface area contributed by atoms with E-state index in [-0.39, 0.29) is 5.88 Å². The number of nitrogens with zero attached hydrogens (tertiary/aromatic N) is 4. The highest BCUT2D eigenvalue weighted by atomic mass is 35.5. The van der Waals surface area contributed by atoms with Crippen LogP contribution in [0.5, 0.6) is 0 Å². The summed E-state index contributed by atoms with van der Waals surface area (Å²) in [5.74, 6) is 0.825. The highest BCUT2D eigenvalue weighted by Gasteiger charge is 2.10. The lowest BCUT2D eigenvalue weighted by molar-refractivity contribution is 0.525. The summed E-state index contributed by atoms with van der Waals surface area (Å²) in [6.45, 7) is 1.82. The fourth-order valence-electron chi connectivity index (χ4n) is 1.20. The number of alkyl halides is 1. The third-order valence-electron chi connectivity index (χ3n) is 2.03. The van der Waals surface area contributed by atoms with Crippen LogP contribution in [-0.2, 0) is 5.88 Å². The van der Waals surface area contributed by atoms with Gasteiger partial charge in [-0.05, 0) is 18.6 Å². The number of rotatable bonds is 2. The van der Waals surface area contributed by atoms with Crippen molar-refractivity contribution in [2.24, 2.45) is 0 Å². The van der Waals surface area contributed by atoms with E-state index in [1.807, 2.05) is 13.0 Å². The molecule has 6 heteroatoms. The van der Waals surface area contributed by atoms with Crippen LogP contribution in [0.25, 0.3) is 11.6 Å². The summed E-state index contributed by atoms with van der Waals surface area (Å²) in [6, 6.07) is 3.77. The van der Waals surface area contributed by atoms with Crippen molar-refractivity contribution in [1.29, 1.82) is 5.26 Å². The summed E-state index contributed by atoms with van der Waals surface area (Å²) in [5.41, 5.74) is 1.89. The highest BCUT2D eigenvalue weighted by Crippen LogP contribution is 2.18. The largest absolute Gasteiger partial charge is 0.418 e. The Morgan fingerprint density at radius 1 is 1.50 bits per heavy atom. The van der Waals surface area contributed by atoms with Crippen molar-refractivity contribution in [2.45, 2.75) is 12.8 Å². The quantitative estimate of drug-likeness (QED) is 0.744. The van der Waals surface area contributed by atoms with Crippen molar-refractivity contribution in [3.05, 3.63) is 29.3 Å². The number of pyridine rings is 1. The third kappa shape index (κ3) is 1.88. The van der Waals surface area contributed by atoms with E-state index in [2.05, 4.69) is 15.2 Å². The summed E-state index contributed by atoms with van der Waals surface area (Å²) in [4.78, 5) is 4.07. The standard InChI is InChI=1S/C10H7ClN4O/c1-6-2-8(13-5-7(6)4-12)10-15-14-9(3-11)16-10/h2,5H,3H2,1H3. The number of hydrogen-bond donors (Lipinski definition) is 0. The van der Waals surface area contributed by atoms with Crippen molar-refractivity contribution in [2.75, 3.05) is 0 Å². The Hall–Kier alpha value is -1.93. The molecule has 2 aromatic heterocycles. The monoisotopic (exact) mass is 234 g/mol. The lowest BCUT2D eigenvalue weighted by atomic mass is 10.1. The van der Waals surface area contributed by atoms with E-state index in [4.69, 9.17) is 21.3 Å². The molecule has 0 aliphatic carbocycles. The second kappa shape index (κ2) is 4.29. The highest BCUT2D eigenvalue weighted by molar-refractivity contribution is 6.16. The zero-order valence-corrected chi connectivity index (χ0v) is 9.19. The van der Waals surface area contributed by atoms with E-state index >= 15 is 0 Å². The Kier molecular flexibility index (Phi) is 2.84. The number of halogens is 1. The molecule has 2 rings (SSSR count). The average molecular weight is 235 g/mol. The summed E-state index contributed by atoms with van der Waals surface area (Å²) in [6.07, 6.45) is 1.48. The lowest BCUT2D eigenvalue weighted by Gasteiger charge is -1.97. The van der Waals surface area contributed by atoms with Gasteiger partial charge in [0.2, 0.25) is 5.89 Å². The van der Waals surface area contributed by atoms with Crippen LogP contribution in [0.3, 0.4) is 0 Å². The van der Waals surface area contributed by atoms with Crippen molar-refractivity contribution >= 4 is 11.6 Å². The van der Waals surface area contributed by atoms with Gasteiger partial charge < -0.3 is 4.42 Å². The molecule has 0 unspecified atom stereocenters. The van der Waals surface area contributed by atoms with Gasteiger partial charge in [-0.25, -0.2) is 4.98 Å². The maximum Gasteiger partial charge on any atom is 0.266 e. The predicted octanol–water partition coefficient (Wildman–Crippen LogP) is 2.05. The van der Waals surface area contributed by atoms with E-state index in [1.165, 1.54) is 6.20 Å². The molecular weight excluding hydrogens is 228 g/mol. The van der Waals surface area contributed by atoms with Gasteiger partial charge in [0.25, 0.3) is 5.89 Å². The van der Waals surface area contributed by atoms with Gasteiger partial charge in [-0.1, -0.05) is 0 Å². The molecule has 0 spiro atoms. The van der Waals surface area contributed by atoms with Crippen LogP contribution in [0.2, 0.25) is 0 Å². The second-order valence-corrected chi connectivity index (χ2v) is 3.40. The molecule has 0 fully saturated rings. The molecule has 80 valence electrons. The molecule has 0 bridgehead atoms. The average Bonchev–Trinajstić information content (AvgIpc) is 2.77. The first-order chi connectivity index (χ1) is 7.74. The summed E-state index contributed by atoms with van der Waals surface area (Å²) < 4.78 is 5.25. The maximum absolute atomic E-state index is 8.76. The smallest absolute Gasteiger partial charge is 0.266 e. The number of hydrogen-bond acceptors (Lipinski definition) is 5. The second-order valence-electron chi connectivity index (χ2n) is 3.13. The Morgan fingerprint density at radius 3 is 2.88 bits per heavy atom. The fourth-order valence-corrected chi connectivity index (χ4v) is 1.31. The topological polar surface area (TPSA) is 75.6 Å². The zero-order valence-electron chi connectivity index (χ0n) is 8.44. The normalized spacial score (nSPS) is 10.1. The van der Waals surface area contributed by atoms with Crippen LogP contribution in [0, 0.1) is 18.3 Å². The Labute approximate surface area is 96.7 Å². The predicted molar refractivity (Wildman–Crippen MR) is 56.5 cm³/mol. The molecule has 2 aromatic rings. The molecule has 0 atom stereocenters. The first-order valence-corrected chi connectivity index (χ1v) is 5.03. The van der Waals surface area contributed by atoms with Crippen molar-refractivity contribution in [1.82, 2.24) is 15.2 Å². The van der Waals surface area contributed by atoms with Gasteiger partial charge in [-0.15, -0.1) is 21.8 Å². The van der Waals surface area contributed by atoms with Gasteiger partial charge in [-0.2, -0.15) is 5.26 Å². The van der Waals surface area contributed by atoms with Crippen molar-refractivity contribution in [3.8, 4) is 17.7 Å². The minimum absolute atomic E-state index is 0.169. The number of aromatic nitrogens is 3. The van der Waals surface area contributed by atoms with Crippen LogP contribution in [-0.4, -0.2) is 15.2 Å². The molecule has 5 nitrogen and oxygen atoms in total. The first-order valence-electron chi connectivity index (χ1n) is 4.50. The summed E-state index contributed by atoms with van der Waals surface area (Å²) in [7, 11) is 0. The maximum atomic E-state index is 8.76. The van der Waals surface area contributed by atoms with Gasteiger partial charge >= 0.3 is 0 Å². The molecule has 0 radical (unpaired) electrons. The molecule has 0 aromatic carbocycles. The molecule has 0 aliphatic rings. The van der Waals surface area contributed by atoms with Gasteiger partial charge in [-0.3, -0.25) is 0 Å². The van der Waals surface area contributed by atoms with Crippen LogP contribution in [0.1, 0.15) is 17.0 Å². The molecule has 2 heterocycles. The van der Waals surface area contributed by atoms with Gasteiger partial charge in [0.15, 0.2) is 0 Å². The van der Waals surface area contributed by atoms with Gasteiger partial charge in [0, 0.05) is 6.20 Å². The van der Waals surface area contributed by atoms with Crippen LogP contribution >= 0.6 is 11.6 Å². The minimum atomic E-state index is 0.169. The Morgan fingerprint density at radius 2 is 2.31 bits per heavy atom. The molecule has 0 aliphatic heterocycles. The lowest BCUT2D eigenvalue weighted by Crippen LogP contribution is -1.89. The summed E-state index contributed by atoms with van der Waals surface area (Å²) >= 11 is 5.55. The molecule has 0 saturated carbocycles. The zero-order chi connectivity index (χ0) is 11.5. The number of aryl methyl sites for hydroxylation is 1. The fraction of sp³-hybridized carbons (Fsp3) is 0.200. The number of nitriles is 1. The third-order valence-corrected chi connectivity index (χ3v) is 2.26.